The van der Waals surface area contributed by atoms with E-state index >= 15 is 0 Å². The van der Waals surface area contributed by atoms with E-state index in [-0.39, 0.29) is 6.10 Å². The molecule has 4 nitrogen and oxygen atoms in total. The number of hydrogen-bond acceptors (Lipinski definition) is 4. The number of rotatable bonds is 7. The Morgan fingerprint density at radius 1 is 1.35 bits per heavy atom. The monoisotopic (exact) mass is 257 g/mol. The summed E-state index contributed by atoms with van der Waals surface area (Å²) in [4.78, 5) is 8.40. The molecule has 1 rings (SSSR count). The van der Waals surface area contributed by atoms with Crippen molar-refractivity contribution < 1.29 is 4.74 Å². The highest BCUT2D eigenvalue weighted by Crippen LogP contribution is 2.12. The van der Waals surface area contributed by atoms with Crippen LogP contribution in [0.2, 0.25) is 0 Å². The van der Waals surface area contributed by atoms with Crippen LogP contribution in [0.4, 0.5) is 5.82 Å². The van der Waals surface area contributed by atoms with E-state index in [0.29, 0.717) is 17.7 Å². The van der Waals surface area contributed by atoms with Crippen molar-refractivity contribution in [3.8, 4) is 5.88 Å². The lowest BCUT2D eigenvalue weighted by Crippen LogP contribution is -2.14. The molecule has 96 valence electrons. The fourth-order valence-electron chi connectivity index (χ4n) is 1.30. The van der Waals surface area contributed by atoms with Gasteiger partial charge < -0.3 is 10.1 Å². The minimum atomic E-state index is 0.106. The second-order valence-corrected chi connectivity index (χ2v) is 4.75. The molecule has 1 atom stereocenters. The first-order chi connectivity index (χ1) is 8.11. The van der Waals surface area contributed by atoms with Gasteiger partial charge in [0.1, 0.15) is 5.82 Å². The molecule has 0 amide bonds. The quantitative estimate of drug-likeness (QED) is 0.763. The number of halogens is 1. The topological polar surface area (TPSA) is 47.0 Å². The van der Waals surface area contributed by atoms with Gasteiger partial charge in [0, 0.05) is 12.4 Å². The Morgan fingerprint density at radius 3 is 2.76 bits per heavy atom. The third kappa shape index (κ3) is 5.73. The molecule has 0 aliphatic carbocycles. The Kier molecular flexibility index (Phi) is 6.05. The largest absolute Gasteiger partial charge is 0.474 e. The number of nitrogens with one attached hydrogen (secondary N) is 1. The minimum absolute atomic E-state index is 0.106. The average Bonchev–Trinajstić information content (AvgIpc) is 2.26. The van der Waals surface area contributed by atoms with Crippen molar-refractivity contribution in [2.75, 3.05) is 17.7 Å². The molecular weight excluding hydrogens is 238 g/mol. The van der Waals surface area contributed by atoms with Gasteiger partial charge in [0.15, 0.2) is 0 Å². The minimum Gasteiger partial charge on any atom is -0.474 e. The van der Waals surface area contributed by atoms with Gasteiger partial charge in [-0.25, -0.2) is 0 Å². The first-order valence-electron chi connectivity index (χ1n) is 5.90. The van der Waals surface area contributed by atoms with Gasteiger partial charge in [0.05, 0.1) is 18.5 Å². The van der Waals surface area contributed by atoms with Crippen LogP contribution < -0.4 is 10.1 Å². The maximum atomic E-state index is 5.68. The Morgan fingerprint density at radius 2 is 2.12 bits per heavy atom. The van der Waals surface area contributed by atoms with Crippen LogP contribution in [0, 0.1) is 5.92 Å². The Balaban J connectivity index is 2.48. The van der Waals surface area contributed by atoms with Gasteiger partial charge in [-0.05, 0) is 26.2 Å². The van der Waals surface area contributed by atoms with E-state index in [2.05, 4.69) is 22.2 Å². The molecule has 17 heavy (non-hydrogen) atoms. The predicted molar refractivity (Wildman–Crippen MR) is 70.8 cm³/mol. The lowest BCUT2D eigenvalue weighted by molar-refractivity contribution is 0.232. The molecule has 1 N–H and O–H groups in total. The summed E-state index contributed by atoms with van der Waals surface area (Å²) in [6, 6.07) is 0. The van der Waals surface area contributed by atoms with Crippen LogP contribution in [-0.2, 0) is 0 Å². The Hall–Kier alpha value is -1.03. The van der Waals surface area contributed by atoms with Crippen LogP contribution in [-0.4, -0.2) is 28.5 Å². The smallest absolute Gasteiger partial charge is 0.234 e. The third-order valence-corrected chi connectivity index (χ3v) is 2.42. The zero-order valence-electron chi connectivity index (χ0n) is 10.6. The van der Waals surface area contributed by atoms with E-state index in [1.165, 1.54) is 0 Å². The summed E-state index contributed by atoms with van der Waals surface area (Å²) in [5.74, 6) is 2.49. The van der Waals surface area contributed by atoms with Gasteiger partial charge in [-0.2, -0.15) is 4.98 Å². The number of hydrogen-bond donors (Lipinski definition) is 1. The number of alkyl halides is 1. The highest BCUT2D eigenvalue weighted by atomic mass is 35.5. The van der Waals surface area contributed by atoms with Gasteiger partial charge in [-0.3, -0.25) is 4.98 Å². The van der Waals surface area contributed by atoms with Gasteiger partial charge in [0.2, 0.25) is 5.88 Å². The van der Waals surface area contributed by atoms with Crippen LogP contribution in [0.1, 0.15) is 27.2 Å². The molecule has 0 aliphatic rings. The fraction of sp³-hybridized carbons (Fsp3) is 0.667. The number of ether oxygens (including phenoxy) is 1. The molecule has 0 radical (unpaired) electrons. The van der Waals surface area contributed by atoms with Gasteiger partial charge in [-0.15, -0.1) is 11.6 Å². The van der Waals surface area contributed by atoms with Gasteiger partial charge in [0.25, 0.3) is 0 Å². The van der Waals surface area contributed by atoms with E-state index in [4.69, 9.17) is 16.3 Å². The van der Waals surface area contributed by atoms with Crippen LogP contribution >= 0.6 is 11.6 Å². The van der Waals surface area contributed by atoms with Crippen LogP contribution in [0.3, 0.4) is 0 Å². The number of aromatic nitrogens is 2. The predicted octanol–water partition coefficient (Wildman–Crippen LogP) is 2.94. The summed E-state index contributed by atoms with van der Waals surface area (Å²) in [6.07, 6.45) is 4.41. The van der Waals surface area contributed by atoms with Gasteiger partial charge >= 0.3 is 0 Å². The first kappa shape index (κ1) is 14.0. The molecule has 0 saturated carbocycles. The van der Waals surface area contributed by atoms with Crippen LogP contribution in [0.5, 0.6) is 5.88 Å². The molecule has 0 fully saturated rings. The van der Waals surface area contributed by atoms with E-state index in [1.54, 1.807) is 12.4 Å². The highest BCUT2D eigenvalue weighted by molar-refractivity contribution is 6.17. The van der Waals surface area contributed by atoms with Crippen molar-refractivity contribution in [1.82, 2.24) is 9.97 Å². The lowest BCUT2D eigenvalue weighted by Gasteiger charge is -2.13. The first-order valence-corrected chi connectivity index (χ1v) is 6.43. The maximum absolute atomic E-state index is 5.68. The maximum Gasteiger partial charge on any atom is 0.234 e. The van der Waals surface area contributed by atoms with E-state index in [1.807, 2.05) is 13.8 Å². The molecule has 0 spiro atoms. The Bertz CT molecular complexity index is 333. The molecule has 0 saturated heterocycles. The number of anilines is 1. The van der Waals surface area contributed by atoms with Crippen molar-refractivity contribution in [3.05, 3.63) is 12.4 Å². The standard InChI is InChI=1S/C12H20ClN3O/c1-9(2)17-12-8-14-7-11(16-12)15-6-10(3)4-5-13/h7-10H,4-6H2,1-3H3,(H,15,16). The average molecular weight is 258 g/mol. The number of nitrogens with zero attached hydrogens (tertiary/aromatic N) is 2. The molecule has 5 heteroatoms. The van der Waals surface area contributed by atoms with Crippen molar-refractivity contribution >= 4 is 17.4 Å². The Labute approximate surface area is 108 Å². The van der Waals surface area contributed by atoms with Crippen LogP contribution in [0.15, 0.2) is 12.4 Å². The molecule has 0 aliphatic heterocycles. The highest BCUT2D eigenvalue weighted by Gasteiger charge is 2.04. The van der Waals surface area contributed by atoms with E-state index in [9.17, 15) is 0 Å². The van der Waals surface area contributed by atoms with Crippen molar-refractivity contribution in [2.45, 2.75) is 33.3 Å². The summed E-state index contributed by atoms with van der Waals surface area (Å²) in [5, 5.41) is 3.23. The van der Waals surface area contributed by atoms with Crippen molar-refractivity contribution in [1.29, 1.82) is 0 Å². The molecular formula is C12H20ClN3O. The zero-order chi connectivity index (χ0) is 12.7. The summed E-state index contributed by atoms with van der Waals surface area (Å²) in [5.41, 5.74) is 0. The summed E-state index contributed by atoms with van der Waals surface area (Å²) in [7, 11) is 0. The van der Waals surface area contributed by atoms with Crippen molar-refractivity contribution in [2.24, 2.45) is 5.92 Å². The van der Waals surface area contributed by atoms with Crippen molar-refractivity contribution in [3.63, 3.8) is 0 Å². The molecule has 1 aromatic rings. The summed E-state index contributed by atoms with van der Waals surface area (Å²) in [6.45, 7) is 6.92. The second kappa shape index (κ2) is 7.33. The normalized spacial score (nSPS) is 12.5. The molecule has 0 bridgehead atoms. The SMILES string of the molecule is CC(CCCl)CNc1cncc(OC(C)C)n1. The third-order valence-electron chi connectivity index (χ3n) is 2.20. The molecule has 1 unspecified atom stereocenters. The zero-order valence-corrected chi connectivity index (χ0v) is 11.4. The second-order valence-electron chi connectivity index (χ2n) is 4.37. The molecule has 1 heterocycles. The van der Waals surface area contributed by atoms with Gasteiger partial charge in [-0.1, -0.05) is 6.92 Å². The fourth-order valence-corrected chi connectivity index (χ4v) is 1.67. The lowest BCUT2D eigenvalue weighted by atomic mass is 10.1. The molecule has 1 aromatic heterocycles. The molecule has 0 aromatic carbocycles. The van der Waals surface area contributed by atoms with E-state index < -0.39 is 0 Å². The summed E-state index contributed by atoms with van der Waals surface area (Å²) >= 11 is 5.68. The van der Waals surface area contributed by atoms with Crippen LogP contribution in [0.25, 0.3) is 0 Å². The summed E-state index contributed by atoms with van der Waals surface area (Å²) < 4.78 is 5.47. The van der Waals surface area contributed by atoms with E-state index in [0.717, 1.165) is 18.8 Å².